The highest BCUT2D eigenvalue weighted by atomic mass is 32.1. The molecule has 1 saturated heterocycles. The molecule has 8 heteroatoms. The molecule has 2 aliphatic heterocycles. The second-order valence-corrected chi connectivity index (χ2v) is 9.69. The van der Waals surface area contributed by atoms with Crippen molar-refractivity contribution in [3.8, 4) is 22.9 Å². The van der Waals surface area contributed by atoms with Crippen molar-refractivity contribution < 1.29 is 14.2 Å². The smallest absolute Gasteiger partial charge is 0.231 e. The molecule has 2 aromatic heterocycles. The Bertz CT molecular complexity index is 1450. The summed E-state index contributed by atoms with van der Waals surface area (Å²) in [5.41, 5.74) is 6.63. The molecule has 1 fully saturated rings. The molecule has 4 aromatic rings. The minimum Gasteiger partial charge on any atom is -0.497 e. The highest BCUT2D eigenvalue weighted by molar-refractivity contribution is 7.80. The van der Waals surface area contributed by atoms with E-state index >= 15 is 0 Å². The van der Waals surface area contributed by atoms with Gasteiger partial charge in [0, 0.05) is 35.9 Å². The molecule has 0 unspecified atom stereocenters. The summed E-state index contributed by atoms with van der Waals surface area (Å²) >= 11 is 5.90. The second-order valence-electron chi connectivity index (χ2n) is 9.30. The maximum Gasteiger partial charge on any atom is 0.231 e. The lowest BCUT2D eigenvalue weighted by molar-refractivity contribution is 0.174. The fraction of sp³-hybridized carbons (Fsp3) is 0.241. The van der Waals surface area contributed by atoms with Gasteiger partial charge in [0.1, 0.15) is 5.75 Å². The van der Waals surface area contributed by atoms with Crippen LogP contribution >= 0.6 is 12.2 Å². The predicted octanol–water partition coefficient (Wildman–Crippen LogP) is 5.40. The van der Waals surface area contributed by atoms with Crippen molar-refractivity contribution in [1.29, 1.82) is 0 Å². The van der Waals surface area contributed by atoms with Crippen LogP contribution in [-0.4, -0.2) is 33.5 Å². The number of aryl methyl sites for hydroxylation is 1. The van der Waals surface area contributed by atoms with E-state index in [4.69, 9.17) is 26.4 Å². The van der Waals surface area contributed by atoms with E-state index in [-0.39, 0.29) is 18.9 Å². The zero-order chi connectivity index (χ0) is 25.5. The lowest BCUT2D eigenvalue weighted by Gasteiger charge is -2.28. The number of methoxy groups -OCH3 is 1. The predicted molar refractivity (Wildman–Crippen MR) is 145 cm³/mol. The third-order valence-corrected chi connectivity index (χ3v) is 7.47. The molecule has 0 amide bonds. The van der Waals surface area contributed by atoms with Gasteiger partial charge in [0.05, 0.1) is 24.9 Å². The van der Waals surface area contributed by atoms with E-state index in [9.17, 15) is 0 Å². The first-order chi connectivity index (χ1) is 18.0. The number of hydrogen-bond acceptors (Lipinski definition) is 5. The number of hydrogen-bond donors (Lipinski definition) is 1. The third-order valence-electron chi connectivity index (χ3n) is 7.11. The Hall–Kier alpha value is -4.04. The van der Waals surface area contributed by atoms with E-state index in [1.165, 1.54) is 5.56 Å². The van der Waals surface area contributed by atoms with Gasteiger partial charge >= 0.3 is 0 Å². The average Bonchev–Trinajstić information content (AvgIpc) is 3.60. The van der Waals surface area contributed by atoms with Crippen molar-refractivity contribution >= 4 is 17.3 Å². The number of fused-ring (bicyclic) bond motifs is 1. The summed E-state index contributed by atoms with van der Waals surface area (Å²) in [7, 11) is 1.68. The molecular weight excluding hydrogens is 484 g/mol. The van der Waals surface area contributed by atoms with Crippen LogP contribution in [0.25, 0.3) is 5.69 Å². The Kier molecular flexibility index (Phi) is 5.96. The molecule has 2 aliphatic rings. The van der Waals surface area contributed by atoms with E-state index in [1.54, 1.807) is 7.11 Å². The highest BCUT2D eigenvalue weighted by Crippen LogP contribution is 2.43. The maximum atomic E-state index is 5.90. The number of ether oxygens (including phenoxy) is 3. The van der Waals surface area contributed by atoms with Gasteiger partial charge in [-0.15, -0.1) is 0 Å². The SMILES string of the molecule is COc1ccc(CN2C(=S)N[C@H](c3ccccn3)[C@@H]2c2cc(C)n(-c3ccc4c(c3)OCO4)c2C)cc1. The number of thiocarbonyl (C=S) groups is 1. The van der Waals surface area contributed by atoms with Crippen LogP contribution in [0.3, 0.4) is 0 Å². The van der Waals surface area contributed by atoms with Gasteiger partial charge in [-0.2, -0.15) is 0 Å². The minimum atomic E-state index is -0.0855. The number of rotatable bonds is 6. The highest BCUT2D eigenvalue weighted by Gasteiger charge is 2.41. The number of pyridine rings is 1. The monoisotopic (exact) mass is 512 g/mol. The van der Waals surface area contributed by atoms with Crippen molar-refractivity contribution in [2.75, 3.05) is 13.9 Å². The molecule has 188 valence electrons. The Morgan fingerprint density at radius 1 is 1.03 bits per heavy atom. The third kappa shape index (κ3) is 4.17. The Balaban J connectivity index is 1.43. The summed E-state index contributed by atoms with van der Waals surface area (Å²) in [6.07, 6.45) is 1.83. The summed E-state index contributed by atoms with van der Waals surface area (Å²) in [6.45, 7) is 5.21. The molecule has 6 rings (SSSR count). The first kappa shape index (κ1) is 23.4. The summed E-state index contributed by atoms with van der Waals surface area (Å²) in [6, 6.07) is 22.4. The molecule has 37 heavy (non-hydrogen) atoms. The van der Waals surface area contributed by atoms with Gasteiger partial charge in [-0.25, -0.2) is 0 Å². The van der Waals surface area contributed by atoms with Gasteiger partial charge in [0.2, 0.25) is 6.79 Å². The maximum absolute atomic E-state index is 5.90. The lowest BCUT2D eigenvalue weighted by Crippen LogP contribution is -2.29. The van der Waals surface area contributed by atoms with Crippen LogP contribution in [0, 0.1) is 13.8 Å². The van der Waals surface area contributed by atoms with Crippen LogP contribution < -0.4 is 19.5 Å². The molecule has 0 aliphatic carbocycles. The Morgan fingerprint density at radius 3 is 2.59 bits per heavy atom. The van der Waals surface area contributed by atoms with Crippen molar-refractivity contribution in [2.24, 2.45) is 0 Å². The standard InChI is InChI=1S/C29H28N4O3S/c1-18-14-23(19(2)33(18)21-9-12-25-26(15-21)36-17-35-25)28-27(24-6-4-5-13-30-24)31-29(37)32(28)16-20-7-10-22(34-3)11-8-20/h4-15,27-28H,16-17H2,1-3H3,(H,31,37)/t27-,28+/m1/s1. The van der Waals surface area contributed by atoms with Crippen LogP contribution in [0.2, 0.25) is 0 Å². The zero-order valence-corrected chi connectivity index (χ0v) is 21.8. The van der Waals surface area contributed by atoms with Crippen molar-refractivity contribution in [3.05, 3.63) is 101 Å². The first-order valence-corrected chi connectivity index (χ1v) is 12.6. The number of nitrogens with one attached hydrogen (secondary N) is 1. The number of nitrogens with zero attached hydrogens (tertiary/aromatic N) is 3. The molecule has 2 aromatic carbocycles. The average molecular weight is 513 g/mol. The van der Waals surface area contributed by atoms with E-state index in [0.717, 1.165) is 45.6 Å². The van der Waals surface area contributed by atoms with Crippen LogP contribution in [0.4, 0.5) is 0 Å². The van der Waals surface area contributed by atoms with Crippen LogP contribution in [0.5, 0.6) is 17.2 Å². The lowest BCUT2D eigenvalue weighted by atomic mass is 9.96. The molecule has 1 N–H and O–H groups in total. The number of aromatic nitrogens is 2. The van der Waals surface area contributed by atoms with Crippen molar-refractivity contribution in [2.45, 2.75) is 32.5 Å². The molecule has 7 nitrogen and oxygen atoms in total. The van der Waals surface area contributed by atoms with Crippen LogP contribution in [0.1, 0.15) is 40.3 Å². The summed E-state index contributed by atoms with van der Waals surface area (Å²) in [5, 5.41) is 4.28. The summed E-state index contributed by atoms with van der Waals surface area (Å²) in [4.78, 5) is 6.96. The van der Waals surface area contributed by atoms with Gasteiger partial charge in [0.15, 0.2) is 16.6 Å². The molecule has 0 spiro atoms. The minimum absolute atomic E-state index is 0.0431. The molecule has 0 saturated carbocycles. The molecule has 0 bridgehead atoms. The normalized spacial score (nSPS) is 18.2. The first-order valence-electron chi connectivity index (χ1n) is 12.2. The van der Waals surface area contributed by atoms with Crippen LogP contribution in [-0.2, 0) is 6.54 Å². The van der Waals surface area contributed by atoms with Gasteiger partial charge < -0.3 is 29.0 Å². The van der Waals surface area contributed by atoms with Gasteiger partial charge in [0.25, 0.3) is 0 Å². The molecule has 2 atom stereocenters. The largest absolute Gasteiger partial charge is 0.497 e. The van der Waals surface area contributed by atoms with E-state index in [2.05, 4.69) is 63.9 Å². The van der Waals surface area contributed by atoms with E-state index < -0.39 is 0 Å². The zero-order valence-electron chi connectivity index (χ0n) is 21.0. The summed E-state index contributed by atoms with van der Waals surface area (Å²) in [5.74, 6) is 2.38. The topological polar surface area (TPSA) is 60.8 Å². The van der Waals surface area contributed by atoms with Gasteiger partial charge in [-0.3, -0.25) is 4.98 Å². The fourth-order valence-electron chi connectivity index (χ4n) is 5.35. The van der Waals surface area contributed by atoms with E-state index in [1.807, 2.05) is 42.6 Å². The quantitative estimate of drug-likeness (QED) is 0.347. The number of benzene rings is 2. The van der Waals surface area contributed by atoms with Crippen molar-refractivity contribution in [1.82, 2.24) is 19.8 Å². The Morgan fingerprint density at radius 2 is 1.84 bits per heavy atom. The molecule has 4 heterocycles. The second kappa shape index (κ2) is 9.44. The Labute approximate surface area is 221 Å². The van der Waals surface area contributed by atoms with Gasteiger partial charge in [-0.05, 0) is 79.7 Å². The van der Waals surface area contributed by atoms with Crippen LogP contribution in [0.15, 0.2) is 72.9 Å². The molecule has 0 radical (unpaired) electrons. The van der Waals surface area contributed by atoms with Crippen molar-refractivity contribution in [3.63, 3.8) is 0 Å². The summed E-state index contributed by atoms with van der Waals surface area (Å²) < 4.78 is 18.8. The fourth-order valence-corrected chi connectivity index (χ4v) is 5.66. The molecular formula is C29H28N4O3S. The van der Waals surface area contributed by atoms with Gasteiger partial charge in [-0.1, -0.05) is 18.2 Å². The van der Waals surface area contributed by atoms with E-state index in [0.29, 0.717) is 11.7 Å².